The first-order valence-corrected chi connectivity index (χ1v) is 12.1. The quantitative estimate of drug-likeness (QED) is 0.329. The van der Waals surface area contributed by atoms with Gasteiger partial charge in [0.05, 0.1) is 0 Å². The van der Waals surface area contributed by atoms with E-state index < -0.39 is 15.9 Å². The Labute approximate surface area is 124 Å². The normalized spacial score (nSPS) is 14.3. The Kier molecular flexibility index (Phi) is 9.10. The largest absolute Gasteiger partial charge is 0.418 e. The first kappa shape index (κ1) is 20.0. The van der Waals surface area contributed by atoms with Crippen molar-refractivity contribution in [3.05, 3.63) is 0 Å². The molecule has 0 radical (unpaired) electrons. The Hall–Kier alpha value is -0.00312. The fourth-order valence-electron chi connectivity index (χ4n) is 1.64. The van der Waals surface area contributed by atoms with Crippen LogP contribution < -0.4 is 0 Å². The van der Waals surface area contributed by atoms with Crippen LogP contribution in [-0.4, -0.2) is 41.1 Å². The van der Waals surface area contributed by atoms with Crippen LogP contribution in [0.1, 0.15) is 26.2 Å². The molecule has 0 aliphatic carbocycles. The molecule has 0 saturated heterocycles. The van der Waals surface area contributed by atoms with E-state index in [1.54, 1.807) is 0 Å². The van der Waals surface area contributed by atoms with Crippen molar-refractivity contribution in [3.8, 4) is 0 Å². The molecule has 0 aliphatic heterocycles. The minimum Gasteiger partial charge on any atom is -0.418 e. The zero-order valence-corrected chi connectivity index (χ0v) is 15.5. The van der Waals surface area contributed by atoms with Gasteiger partial charge in [-0.1, -0.05) is 13.3 Å². The van der Waals surface area contributed by atoms with Gasteiger partial charge in [0, 0.05) is 26.7 Å². The maximum absolute atomic E-state index is 11.9. The second kappa shape index (κ2) is 9.10. The predicted molar refractivity (Wildman–Crippen MR) is 83.8 cm³/mol. The van der Waals surface area contributed by atoms with Crippen LogP contribution >= 0.6 is 7.60 Å². The van der Waals surface area contributed by atoms with Crippen LogP contribution in [0.25, 0.3) is 0 Å². The van der Waals surface area contributed by atoms with Gasteiger partial charge in [0.2, 0.25) is 0 Å². The van der Waals surface area contributed by atoms with Crippen molar-refractivity contribution in [2.24, 2.45) is 5.92 Å². The molecule has 0 aromatic rings. The molecule has 0 saturated carbocycles. The number of carbonyl (C=O) groups is 1. The highest BCUT2D eigenvalue weighted by Crippen LogP contribution is 2.46. The zero-order valence-electron chi connectivity index (χ0n) is 13.6. The number of hydrogen-bond acceptors (Lipinski definition) is 5. The molecule has 0 spiro atoms. The summed E-state index contributed by atoms with van der Waals surface area (Å²) in [5.41, 5.74) is 0. The van der Waals surface area contributed by atoms with Crippen LogP contribution in [0, 0.1) is 5.92 Å². The minimum absolute atomic E-state index is 0.0665. The van der Waals surface area contributed by atoms with Crippen LogP contribution in [0.4, 0.5) is 0 Å². The molecule has 0 aromatic carbocycles. The van der Waals surface area contributed by atoms with Crippen molar-refractivity contribution in [1.29, 1.82) is 0 Å². The number of rotatable bonds is 11. The van der Waals surface area contributed by atoms with Gasteiger partial charge in [-0.15, -0.1) is 0 Å². The molecular weight excluding hydrogens is 295 g/mol. The third kappa shape index (κ3) is 9.03. The monoisotopic (exact) mass is 324 g/mol. The van der Waals surface area contributed by atoms with Crippen LogP contribution in [0.2, 0.25) is 19.6 Å². The molecular formula is C13H29O5PSi. The highest BCUT2D eigenvalue weighted by molar-refractivity contribution is 7.54. The summed E-state index contributed by atoms with van der Waals surface area (Å²) in [5.74, 6) is -0.191. The van der Waals surface area contributed by atoms with E-state index in [0.717, 1.165) is 25.9 Å². The molecule has 0 aromatic heterocycles. The Bertz CT molecular complexity index is 332. The summed E-state index contributed by atoms with van der Waals surface area (Å²) < 4.78 is 27.2. The molecule has 0 heterocycles. The average molecular weight is 324 g/mol. The highest BCUT2D eigenvalue weighted by Gasteiger charge is 2.27. The Morgan fingerprint density at radius 3 is 2.15 bits per heavy atom. The van der Waals surface area contributed by atoms with Crippen molar-refractivity contribution >= 4 is 21.7 Å². The predicted octanol–water partition coefficient (Wildman–Crippen LogP) is 3.70. The minimum atomic E-state index is -3.23. The molecule has 0 N–H and O–H groups in total. The summed E-state index contributed by atoms with van der Waals surface area (Å²) in [5, 5.41) is 0. The Balaban J connectivity index is 3.95. The number of hydrogen-bond donors (Lipinski definition) is 0. The van der Waals surface area contributed by atoms with E-state index in [4.69, 9.17) is 13.5 Å². The Morgan fingerprint density at radius 1 is 1.15 bits per heavy atom. The summed E-state index contributed by atoms with van der Waals surface area (Å²) in [7, 11) is -2.06. The summed E-state index contributed by atoms with van der Waals surface area (Å²) in [4.78, 5) is 11.9. The Morgan fingerprint density at radius 2 is 1.70 bits per heavy atom. The third-order valence-corrected chi connectivity index (χ3v) is 5.90. The maximum Gasteiger partial charge on any atom is 0.337 e. The fraction of sp³-hybridized carbons (Fsp3) is 0.923. The zero-order chi connectivity index (χ0) is 15.8. The number of carbonyl (C=O) groups excluding carboxylic acids is 1. The van der Waals surface area contributed by atoms with E-state index in [1.165, 1.54) is 14.2 Å². The molecule has 120 valence electrons. The summed E-state index contributed by atoms with van der Waals surface area (Å²) in [6, 6.07) is 0. The second-order valence-electron chi connectivity index (χ2n) is 5.96. The van der Waals surface area contributed by atoms with Gasteiger partial charge in [-0.25, -0.2) is 0 Å². The molecule has 0 rings (SSSR count). The van der Waals surface area contributed by atoms with Gasteiger partial charge in [-0.05, 0) is 32.5 Å². The van der Waals surface area contributed by atoms with Crippen molar-refractivity contribution < 1.29 is 22.8 Å². The fourth-order valence-corrected chi connectivity index (χ4v) is 3.50. The van der Waals surface area contributed by atoms with Gasteiger partial charge in [-0.3, -0.25) is 9.36 Å². The number of ketones is 1. The molecule has 0 bridgehead atoms. The van der Waals surface area contributed by atoms with Crippen LogP contribution in [0.3, 0.4) is 0 Å². The van der Waals surface area contributed by atoms with E-state index in [2.05, 4.69) is 19.6 Å². The molecule has 0 amide bonds. The van der Waals surface area contributed by atoms with Gasteiger partial charge >= 0.3 is 7.60 Å². The van der Waals surface area contributed by atoms with Crippen molar-refractivity contribution in [2.75, 3.05) is 27.0 Å². The maximum atomic E-state index is 11.9. The van der Waals surface area contributed by atoms with Gasteiger partial charge in [-0.2, -0.15) is 0 Å². The van der Waals surface area contributed by atoms with E-state index >= 15 is 0 Å². The number of unbranched alkanes of at least 4 members (excludes halogenated alkanes) is 1. The second-order valence-corrected chi connectivity index (χ2v) is 12.7. The summed E-state index contributed by atoms with van der Waals surface area (Å²) in [6.45, 7) is 9.09. The number of Topliss-reactive ketones (excluding diaryl/α,β-unsaturated/α-hetero) is 1. The van der Waals surface area contributed by atoms with Crippen molar-refractivity contribution in [1.82, 2.24) is 0 Å². The van der Waals surface area contributed by atoms with E-state index in [1.807, 2.05) is 6.92 Å². The summed E-state index contributed by atoms with van der Waals surface area (Å²) >= 11 is 0. The average Bonchev–Trinajstić information content (AvgIpc) is 2.36. The highest BCUT2D eigenvalue weighted by atomic mass is 31.2. The molecule has 0 fully saturated rings. The lowest BCUT2D eigenvalue weighted by Crippen LogP contribution is -2.25. The SMILES string of the molecule is COP(=O)(CC(=O)C(C)CCCCO[Si](C)(C)C)OC. The lowest BCUT2D eigenvalue weighted by Gasteiger charge is -2.18. The van der Waals surface area contributed by atoms with E-state index in [9.17, 15) is 9.36 Å². The summed E-state index contributed by atoms with van der Waals surface area (Å²) in [6.07, 6.45) is 2.52. The van der Waals surface area contributed by atoms with Crippen LogP contribution in [-0.2, 0) is 22.8 Å². The van der Waals surface area contributed by atoms with Crippen molar-refractivity contribution in [2.45, 2.75) is 45.8 Å². The third-order valence-electron chi connectivity index (χ3n) is 3.02. The lowest BCUT2D eigenvalue weighted by atomic mass is 10.0. The van der Waals surface area contributed by atoms with Gasteiger partial charge in [0.1, 0.15) is 11.9 Å². The smallest absolute Gasteiger partial charge is 0.337 e. The molecule has 7 heteroatoms. The van der Waals surface area contributed by atoms with Crippen LogP contribution in [0.5, 0.6) is 0 Å². The van der Waals surface area contributed by atoms with E-state index in [-0.39, 0.29) is 17.9 Å². The molecule has 5 nitrogen and oxygen atoms in total. The van der Waals surface area contributed by atoms with Gasteiger partial charge in [0.15, 0.2) is 8.32 Å². The van der Waals surface area contributed by atoms with Gasteiger partial charge < -0.3 is 13.5 Å². The molecule has 1 atom stereocenters. The van der Waals surface area contributed by atoms with Gasteiger partial charge in [0.25, 0.3) is 0 Å². The molecule has 0 aliphatic rings. The first-order chi connectivity index (χ1) is 9.13. The first-order valence-electron chi connectivity index (χ1n) is 7.01. The van der Waals surface area contributed by atoms with Crippen LogP contribution in [0.15, 0.2) is 0 Å². The molecule has 1 unspecified atom stereocenters. The topological polar surface area (TPSA) is 61.8 Å². The molecule has 20 heavy (non-hydrogen) atoms. The lowest BCUT2D eigenvalue weighted by molar-refractivity contribution is -0.120. The van der Waals surface area contributed by atoms with E-state index in [0.29, 0.717) is 0 Å². The standard InChI is InChI=1S/C13H29O5PSi/c1-12(9-7-8-10-18-20(4,5)6)13(14)11-19(15,16-2)17-3/h12H,7-11H2,1-6H3. The van der Waals surface area contributed by atoms with Crippen molar-refractivity contribution in [3.63, 3.8) is 0 Å².